The minimum atomic E-state index is -0.473. The van der Waals surface area contributed by atoms with E-state index in [2.05, 4.69) is 22.0 Å². The van der Waals surface area contributed by atoms with E-state index in [4.69, 9.17) is 4.74 Å². The summed E-state index contributed by atoms with van der Waals surface area (Å²) in [7, 11) is 0. The third-order valence-corrected chi connectivity index (χ3v) is 6.51. The number of nitriles is 1. The Kier molecular flexibility index (Phi) is 7.29. The summed E-state index contributed by atoms with van der Waals surface area (Å²) < 4.78 is 6.64. The predicted octanol–water partition coefficient (Wildman–Crippen LogP) is 6.04. The lowest BCUT2D eigenvalue weighted by Gasteiger charge is -2.13. The van der Waals surface area contributed by atoms with Gasteiger partial charge < -0.3 is 4.74 Å². The topological polar surface area (TPSA) is 114 Å². The van der Waals surface area contributed by atoms with Crippen molar-refractivity contribution >= 4 is 50.6 Å². The maximum absolute atomic E-state index is 13.0. The first-order chi connectivity index (χ1) is 16.9. The molecular formula is C25H16BrN3O5S. The van der Waals surface area contributed by atoms with E-state index in [9.17, 15) is 25.0 Å². The fourth-order valence-corrected chi connectivity index (χ4v) is 4.61. The maximum Gasteiger partial charge on any atom is 0.293 e. The Bertz CT molecular complexity index is 1420. The highest BCUT2D eigenvalue weighted by Crippen LogP contribution is 2.36. The molecule has 35 heavy (non-hydrogen) atoms. The number of rotatable bonds is 7. The molecule has 0 atom stereocenters. The Labute approximate surface area is 213 Å². The van der Waals surface area contributed by atoms with Gasteiger partial charge in [-0.3, -0.25) is 24.6 Å². The van der Waals surface area contributed by atoms with E-state index in [0.717, 1.165) is 21.1 Å². The fraction of sp³-hybridized carbons (Fsp3) is 0.0800. The number of carbonyl (C=O) groups excluding carboxylic acids is 2. The van der Waals surface area contributed by atoms with Crippen LogP contribution >= 0.6 is 27.7 Å². The number of hydrogen-bond acceptors (Lipinski definition) is 7. The fourth-order valence-electron chi connectivity index (χ4n) is 3.40. The first-order valence-electron chi connectivity index (χ1n) is 10.2. The summed E-state index contributed by atoms with van der Waals surface area (Å²) in [5.74, 6) is -0.0151. The number of hydrogen-bond donors (Lipinski definition) is 0. The van der Waals surface area contributed by atoms with Gasteiger partial charge in [0.15, 0.2) is 0 Å². The standard InChI is InChI=1S/C25H16BrN3O5S/c26-20-8-9-22(34-15-16-4-3-7-21(10-16)29(32)33)19(11-20)12-23-24(30)28(25(31)35-23)14-18-6-2-1-5-17(18)13-27/h1-12H,14-15H2/b23-12+. The third-order valence-electron chi connectivity index (χ3n) is 5.11. The van der Waals surface area contributed by atoms with Gasteiger partial charge in [0.25, 0.3) is 16.8 Å². The second-order valence-corrected chi connectivity index (χ2v) is 9.34. The van der Waals surface area contributed by atoms with Crippen LogP contribution < -0.4 is 4.74 Å². The summed E-state index contributed by atoms with van der Waals surface area (Å²) in [5.41, 5.74) is 2.13. The normalized spacial score (nSPS) is 14.3. The van der Waals surface area contributed by atoms with Crippen molar-refractivity contribution in [2.24, 2.45) is 0 Å². The van der Waals surface area contributed by atoms with Crippen molar-refractivity contribution in [2.75, 3.05) is 0 Å². The largest absolute Gasteiger partial charge is 0.488 e. The quantitative estimate of drug-likeness (QED) is 0.200. The number of nitro benzene ring substituents is 1. The molecule has 1 saturated heterocycles. The predicted molar refractivity (Wildman–Crippen MR) is 134 cm³/mol. The second-order valence-electron chi connectivity index (χ2n) is 7.43. The number of nitro groups is 1. The third kappa shape index (κ3) is 5.59. The van der Waals surface area contributed by atoms with Crippen molar-refractivity contribution in [2.45, 2.75) is 13.2 Å². The Hall–Kier alpha value is -3.94. The number of benzene rings is 3. The number of amides is 2. The van der Waals surface area contributed by atoms with Gasteiger partial charge in [-0.15, -0.1) is 0 Å². The molecule has 10 heteroatoms. The molecule has 0 spiro atoms. The van der Waals surface area contributed by atoms with Crippen LogP contribution in [-0.2, 0) is 17.9 Å². The number of thioether (sulfide) groups is 1. The van der Waals surface area contributed by atoms with Crippen molar-refractivity contribution in [3.05, 3.63) is 108 Å². The van der Waals surface area contributed by atoms with Crippen molar-refractivity contribution in [3.63, 3.8) is 0 Å². The Balaban J connectivity index is 1.56. The molecule has 1 fully saturated rings. The first-order valence-corrected chi connectivity index (χ1v) is 11.9. The molecule has 0 aromatic heterocycles. The van der Waals surface area contributed by atoms with Gasteiger partial charge >= 0.3 is 0 Å². The van der Waals surface area contributed by atoms with Gasteiger partial charge in [0.2, 0.25) is 0 Å². The number of nitrogens with zero attached hydrogens (tertiary/aromatic N) is 3. The molecule has 0 unspecified atom stereocenters. The molecule has 0 N–H and O–H groups in total. The van der Waals surface area contributed by atoms with E-state index < -0.39 is 16.1 Å². The van der Waals surface area contributed by atoms with E-state index in [1.54, 1.807) is 60.7 Å². The Morgan fingerprint density at radius 1 is 1.11 bits per heavy atom. The van der Waals surface area contributed by atoms with Gasteiger partial charge in [0.05, 0.1) is 28.0 Å². The molecule has 3 aromatic carbocycles. The maximum atomic E-state index is 13.0. The van der Waals surface area contributed by atoms with Crippen molar-refractivity contribution in [1.82, 2.24) is 4.90 Å². The molecule has 0 radical (unpaired) electrons. The van der Waals surface area contributed by atoms with Crippen LogP contribution in [-0.4, -0.2) is 21.0 Å². The van der Waals surface area contributed by atoms with Crippen molar-refractivity contribution < 1.29 is 19.2 Å². The van der Waals surface area contributed by atoms with E-state index in [0.29, 0.717) is 28.0 Å². The van der Waals surface area contributed by atoms with E-state index >= 15 is 0 Å². The van der Waals surface area contributed by atoms with Gasteiger partial charge in [-0.2, -0.15) is 5.26 Å². The van der Waals surface area contributed by atoms with Crippen molar-refractivity contribution in [3.8, 4) is 11.8 Å². The van der Waals surface area contributed by atoms with Crippen LogP contribution in [0.25, 0.3) is 6.08 Å². The monoisotopic (exact) mass is 549 g/mol. The van der Waals surface area contributed by atoms with E-state index in [1.807, 2.05) is 0 Å². The van der Waals surface area contributed by atoms with E-state index in [1.165, 1.54) is 12.1 Å². The van der Waals surface area contributed by atoms with Gasteiger partial charge in [-0.05, 0) is 53.2 Å². The summed E-state index contributed by atoms with van der Waals surface area (Å²) in [4.78, 5) is 37.5. The van der Waals surface area contributed by atoms with Gasteiger partial charge in [-0.25, -0.2) is 0 Å². The first kappa shape index (κ1) is 24.2. The molecule has 0 bridgehead atoms. The zero-order valence-corrected chi connectivity index (χ0v) is 20.4. The molecule has 1 aliphatic rings. The molecule has 0 aliphatic carbocycles. The van der Waals surface area contributed by atoms with Crippen LogP contribution in [0.1, 0.15) is 22.3 Å². The minimum Gasteiger partial charge on any atom is -0.488 e. The van der Waals surface area contributed by atoms with Crippen LogP contribution in [0.3, 0.4) is 0 Å². The summed E-state index contributed by atoms with van der Waals surface area (Å²) in [6.45, 7) is 0.0803. The summed E-state index contributed by atoms with van der Waals surface area (Å²) in [5, 5.41) is 19.9. The van der Waals surface area contributed by atoms with Gasteiger partial charge in [0.1, 0.15) is 12.4 Å². The number of ether oxygens (including phenoxy) is 1. The molecular weight excluding hydrogens is 534 g/mol. The number of carbonyl (C=O) groups is 2. The summed E-state index contributed by atoms with van der Waals surface area (Å²) >= 11 is 4.22. The average Bonchev–Trinajstić information content (AvgIpc) is 3.11. The molecule has 174 valence electrons. The summed E-state index contributed by atoms with van der Waals surface area (Å²) in [6.07, 6.45) is 1.58. The zero-order chi connectivity index (χ0) is 24.9. The lowest BCUT2D eigenvalue weighted by Crippen LogP contribution is -2.27. The van der Waals surface area contributed by atoms with E-state index in [-0.39, 0.29) is 23.7 Å². The number of halogens is 1. The zero-order valence-electron chi connectivity index (χ0n) is 18.0. The van der Waals surface area contributed by atoms with Crippen LogP contribution in [0.5, 0.6) is 5.75 Å². The van der Waals surface area contributed by atoms with Crippen LogP contribution in [0.2, 0.25) is 0 Å². The molecule has 8 nitrogen and oxygen atoms in total. The molecule has 0 saturated carbocycles. The SMILES string of the molecule is N#Cc1ccccc1CN1C(=O)S/C(=C/c2cc(Br)ccc2OCc2cccc([N+](=O)[O-])c2)C1=O. The number of imide groups is 1. The number of non-ortho nitro benzene ring substituents is 1. The molecule has 4 rings (SSSR count). The Morgan fingerprint density at radius 3 is 2.69 bits per heavy atom. The molecule has 2 amide bonds. The lowest BCUT2D eigenvalue weighted by atomic mass is 10.1. The molecule has 3 aromatic rings. The highest BCUT2D eigenvalue weighted by Gasteiger charge is 2.35. The smallest absolute Gasteiger partial charge is 0.293 e. The average molecular weight is 550 g/mol. The Morgan fingerprint density at radius 2 is 1.91 bits per heavy atom. The highest BCUT2D eigenvalue weighted by molar-refractivity contribution is 9.10. The van der Waals surface area contributed by atoms with Gasteiger partial charge in [0, 0.05) is 22.2 Å². The minimum absolute atomic E-state index is 0.000365. The molecule has 1 heterocycles. The van der Waals surface area contributed by atoms with Crippen LogP contribution in [0.4, 0.5) is 10.5 Å². The van der Waals surface area contributed by atoms with Crippen molar-refractivity contribution in [1.29, 1.82) is 5.26 Å². The van der Waals surface area contributed by atoms with Crippen LogP contribution in [0.15, 0.2) is 76.1 Å². The highest BCUT2D eigenvalue weighted by atomic mass is 79.9. The van der Waals surface area contributed by atoms with Crippen LogP contribution in [0, 0.1) is 21.4 Å². The lowest BCUT2D eigenvalue weighted by molar-refractivity contribution is -0.384. The molecule has 1 aliphatic heterocycles. The van der Waals surface area contributed by atoms with Gasteiger partial charge in [-0.1, -0.05) is 46.3 Å². The second kappa shape index (κ2) is 10.5. The summed E-state index contributed by atoms with van der Waals surface area (Å²) in [6, 6.07) is 20.2.